The predicted molar refractivity (Wildman–Crippen MR) is 98.1 cm³/mol. The zero-order chi connectivity index (χ0) is 16.9. The maximum atomic E-state index is 12.0. The Bertz CT molecular complexity index is 377. The van der Waals surface area contributed by atoms with Gasteiger partial charge in [-0.25, -0.2) is 0 Å². The quantitative estimate of drug-likeness (QED) is 0.534. The van der Waals surface area contributed by atoms with Crippen LogP contribution in [0.1, 0.15) is 84.5 Å². The standard InChI is InChI=1S/C19H35N3O/c1-17(2)13-10-8-6-4-3-5-7-9-11-14-18(23)22-16-12-15-21-19(22)20/h12,15-17,19H,3-11,13-14,20H2,1-2H3. The molecule has 0 bridgehead atoms. The van der Waals surface area contributed by atoms with E-state index >= 15 is 0 Å². The normalized spacial score (nSPS) is 17.2. The van der Waals surface area contributed by atoms with Crippen LogP contribution < -0.4 is 5.73 Å². The molecule has 1 atom stereocenters. The molecule has 0 aromatic rings. The topological polar surface area (TPSA) is 58.7 Å². The molecule has 1 heterocycles. The molecule has 132 valence electrons. The van der Waals surface area contributed by atoms with Crippen molar-refractivity contribution < 1.29 is 4.79 Å². The Kier molecular flexibility index (Phi) is 10.6. The van der Waals surface area contributed by atoms with Crippen LogP contribution in [0.5, 0.6) is 0 Å². The van der Waals surface area contributed by atoms with E-state index in [9.17, 15) is 4.79 Å². The predicted octanol–water partition coefficient (Wildman–Crippen LogP) is 4.60. The minimum Gasteiger partial charge on any atom is -0.292 e. The molecule has 0 radical (unpaired) electrons. The van der Waals surface area contributed by atoms with Crippen molar-refractivity contribution in [2.75, 3.05) is 0 Å². The molecule has 0 aliphatic carbocycles. The summed E-state index contributed by atoms with van der Waals surface area (Å²) in [6, 6.07) is 0. The smallest absolute Gasteiger partial charge is 0.229 e. The highest BCUT2D eigenvalue weighted by Gasteiger charge is 2.17. The average molecular weight is 322 g/mol. The highest BCUT2D eigenvalue weighted by molar-refractivity contribution is 5.81. The van der Waals surface area contributed by atoms with Crippen LogP contribution in [0.25, 0.3) is 0 Å². The van der Waals surface area contributed by atoms with Crippen LogP contribution in [0, 0.1) is 5.92 Å². The first kappa shape index (κ1) is 19.9. The molecule has 0 spiro atoms. The zero-order valence-electron chi connectivity index (χ0n) is 15.0. The van der Waals surface area contributed by atoms with Gasteiger partial charge in [-0.1, -0.05) is 71.6 Å². The third-order valence-corrected chi connectivity index (χ3v) is 4.32. The third kappa shape index (κ3) is 9.54. The molecule has 23 heavy (non-hydrogen) atoms. The molecule has 1 aliphatic heterocycles. The first-order valence-corrected chi connectivity index (χ1v) is 9.38. The summed E-state index contributed by atoms with van der Waals surface area (Å²) in [7, 11) is 0. The molecular weight excluding hydrogens is 286 g/mol. The Balaban J connectivity index is 1.89. The van der Waals surface area contributed by atoms with Gasteiger partial charge in [-0.15, -0.1) is 0 Å². The van der Waals surface area contributed by atoms with Crippen molar-refractivity contribution in [2.45, 2.75) is 90.8 Å². The Morgan fingerprint density at radius 2 is 1.61 bits per heavy atom. The summed E-state index contributed by atoms with van der Waals surface area (Å²) in [6.45, 7) is 4.60. The number of nitrogens with zero attached hydrogens (tertiary/aromatic N) is 2. The number of hydrogen-bond acceptors (Lipinski definition) is 3. The molecule has 0 aromatic carbocycles. The fourth-order valence-electron chi connectivity index (χ4n) is 2.86. The average Bonchev–Trinajstić information content (AvgIpc) is 2.52. The molecule has 1 aliphatic rings. The Labute approximate surface area is 142 Å². The third-order valence-electron chi connectivity index (χ3n) is 4.32. The van der Waals surface area contributed by atoms with Crippen LogP contribution in [0.3, 0.4) is 0 Å². The number of allylic oxidation sites excluding steroid dienone is 1. The minimum atomic E-state index is -0.539. The van der Waals surface area contributed by atoms with E-state index in [1.54, 1.807) is 18.5 Å². The van der Waals surface area contributed by atoms with Gasteiger partial charge < -0.3 is 0 Å². The van der Waals surface area contributed by atoms with E-state index in [0.29, 0.717) is 6.42 Å². The molecule has 1 unspecified atom stereocenters. The van der Waals surface area contributed by atoms with Gasteiger partial charge in [-0.05, 0) is 18.4 Å². The summed E-state index contributed by atoms with van der Waals surface area (Å²) in [5, 5.41) is 0. The fourth-order valence-corrected chi connectivity index (χ4v) is 2.86. The number of nitrogens with two attached hydrogens (primary N) is 1. The van der Waals surface area contributed by atoms with Crippen molar-refractivity contribution in [1.29, 1.82) is 0 Å². The number of aliphatic imine (C=N–C) groups is 1. The molecular formula is C19H35N3O. The lowest BCUT2D eigenvalue weighted by Crippen LogP contribution is -2.42. The highest BCUT2D eigenvalue weighted by atomic mass is 16.2. The molecule has 0 aromatic heterocycles. The van der Waals surface area contributed by atoms with Gasteiger partial charge in [0.15, 0.2) is 6.29 Å². The maximum absolute atomic E-state index is 12.0. The van der Waals surface area contributed by atoms with Gasteiger partial charge in [-0.3, -0.25) is 20.4 Å². The van der Waals surface area contributed by atoms with Crippen molar-refractivity contribution in [2.24, 2.45) is 16.6 Å². The largest absolute Gasteiger partial charge is 0.292 e. The fraction of sp³-hybridized carbons (Fsp3) is 0.789. The van der Waals surface area contributed by atoms with Gasteiger partial charge in [0, 0.05) is 18.8 Å². The van der Waals surface area contributed by atoms with E-state index < -0.39 is 6.29 Å². The van der Waals surface area contributed by atoms with Crippen molar-refractivity contribution in [3.8, 4) is 0 Å². The van der Waals surface area contributed by atoms with E-state index in [4.69, 9.17) is 5.73 Å². The van der Waals surface area contributed by atoms with Crippen molar-refractivity contribution >= 4 is 12.1 Å². The lowest BCUT2D eigenvalue weighted by Gasteiger charge is -2.24. The van der Waals surface area contributed by atoms with Crippen LogP contribution in [0.2, 0.25) is 0 Å². The van der Waals surface area contributed by atoms with E-state index in [2.05, 4.69) is 18.8 Å². The van der Waals surface area contributed by atoms with E-state index in [1.165, 1.54) is 56.3 Å². The summed E-state index contributed by atoms with van der Waals surface area (Å²) in [4.78, 5) is 17.5. The van der Waals surface area contributed by atoms with Crippen LogP contribution in [0.4, 0.5) is 0 Å². The van der Waals surface area contributed by atoms with Gasteiger partial charge >= 0.3 is 0 Å². The van der Waals surface area contributed by atoms with E-state index in [1.807, 2.05) is 0 Å². The van der Waals surface area contributed by atoms with Gasteiger partial charge in [-0.2, -0.15) is 0 Å². The number of hydrogen-bond donors (Lipinski definition) is 1. The number of unbranched alkanes of at least 4 members (excludes halogenated alkanes) is 8. The summed E-state index contributed by atoms with van der Waals surface area (Å²) in [5.74, 6) is 0.926. The molecule has 4 heteroatoms. The number of carbonyl (C=O) groups excluding carboxylic acids is 1. The summed E-state index contributed by atoms with van der Waals surface area (Å²) < 4.78 is 0. The van der Waals surface area contributed by atoms with Crippen LogP contribution in [0.15, 0.2) is 17.3 Å². The summed E-state index contributed by atoms with van der Waals surface area (Å²) in [6.07, 6.45) is 18.0. The second kappa shape index (κ2) is 12.3. The Hall–Kier alpha value is -1.16. The maximum Gasteiger partial charge on any atom is 0.229 e. The van der Waals surface area contributed by atoms with E-state index in [0.717, 1.165) is 18.8 Å². The summed E-state index contributed by atoms with van der Waals surface area (Å²) in [5.41, 5.74) is 5.77. The molecule has 4 nitrogen and oxygen atoms in total. The minimum absolute atomic E-state index is 0.0794. The zero-order valence-corrected chi connectivity index (χ0v) is 15.0. The molecule has 0 fully saturated rings. The van der Waals surface area contributed by atoms with E-state index in [-0.39, 0.29) is 5.91 Å². The molecule has 0 saturated carbocycles. The number of carbonyl (C=O) groups is 1. The lowest BCUT2D eigenvalue weighted by atomic mass is 10.0. The van der Waals surface area contributed by atoms with Gasteiger partial charge in [0.25, 0.3) is 0 Å². The summed E-state index contributed by atoms with van der Waals surface area (Å²) >= 11 is 0. The molecule has 1 rings (SSSR count). The molecule has 0 saturated heterocycles. The van der Waals surface area contributed by atoms with Crippen molar-refractivity contribution in [3.63, 3.8) is 0 Å². The molecule has 1 amide bonds. The Morgan fingerprint density at radius 3 is 2.17 bits per heavy atom. The SMILES string of the molecule is CC(C)CCCCCCCCCCCC(=O)N1C=CC=NC1N. The highest BCUT2D eigenvalue weighted by Crippen LogP contribution is 2.14. The Morgan fingerprint density at radius 1 is 1.04 bits per heavy atom. The van der Waals surface area contributed by atoms with Crippen molar-refractivity contribution in [1.82, 2.24) is 4.90 Å². The first-order valence-electron chi connectivity index (χ1n) is 9.38. The van der Waals surface area contributed by atoms with Crippen LogP contribution in [-0.2, 0) is 4.79 Å². The van der Waals surface area contributed by atoms with Crippen molar-refractivity contribution in [3.05, 3.63) is 12.3 Å². The number of amides is 1. The molecule has 2 N–H and O–H groups in total. The second-order valence-electron chi connectivity index (χ2n) is 6.97. The number of rotatable bonds is 12. The van der Waals surface area contributed by atoms with Gasteiger partial charge in [0.1, 0.15) is 0 Å². The van der Waals surface area contributed by atoms with Gasteiger partial charge in [0.05, 0.1) is 0 Å². The van der Waals surface area contributed by atoms with Crippen LogP contribution >= 0.6 is 0 Å². The monoisotopic (exact) mass is 321 g/mol. The van der Waals surface area contributed by atoms with Gasteiger partial charge in [0.2, 0.25) is 5.91 Å². The second-order valence-corrected chi connectivity index (χ2v) is 6.97. The van der Waals surface area contributed by atoms with Crippen LogP contribution in [-0.4, -0.2) is 23.3 Å². The first-order chi connectivity index (χ1) is 11.1. The lowest BCUT2D eigenvalue weighted by molar-refractivity contribution is -0.130.